The maximum Gasteiger partial charge on any atom is 0.119 e. The molecular formula is C15H23NO2. The van der Waals surface area contributed by atoms with E-state index in [-0.39, 0.29) is 0 Å². The van der Waals surface area contributed by atoms with Crippen LogP contribution in [0.3, 0.4) is 0 Å². The Balaban J connectivity index is 1.69. The van der Waals surface area contributed by atoms with Crippen molar-refractivity contribution in [3.05, 3.63) is 30.3 Å². The lowest BCUT2D eigenvalue weighted by Gasteiger charge is -2.23. The van der Waals surface area contributed by atoms with Gasteiger partial charge in [-0.15, -0.1) is 0 Å². The van der Waals surface area contributed by atoms with Gasteiger partial charge in [0.05, 0.1) is 0 Å². The van der Waals surface area contributed by atoms with Crippen LogP contribution in [0.2, 0.25) is 0 Å². The van der Waals surface area contributed by atoms with E-state index in [9.17, 15) is 5.11 Å². The molecule has 0 bridgehead atoms. The average Bonchev–Trinajstić information content (AvgIpc) is 2.66. The molecule has 0 spiro atoms. The molecule has 1 aliphatic heterocycles. The monoisotopic (exact) mass is 249 g/mol. The number of β-amino-alcohol motifs (C(OH)–C–C–N with tert-alkyl or cyclic N) is 1. The molecule has 1 saturated heterocycles. The van der Waals surface area contributed by atoms with Crippen LogP contribution in [-0.2, 0) is 0 Å². The Morgan fingerprint density at radius 3 is 2.39 bits per heavy atom. The van der Waals surface area contributed by atoms with Crippen LogP contribution >= 0.6 is 0 Å². The highest BCUT2D eigenvalue weighted by molar-refractivity contribution is 5.20. The molecule has 1 N–H and O–H groups in total. The fourth-order valence-corrected chi connectivity index (χ4v) is 2.38. The summed E-state index contributed by atoms with van der Waals surface area (Å²) in [6.45, 7) is 3.33. The maximum absolute atomic E-state index is 9.99. The van der Waals surface area contributed by atoms with Crippen molar-refractivity contribution in [2.45, 2.75) is 31.8 Å². The van der Waals surface area contributed by atoms with Gasteiger partial charge < -0.3 is 14.7 Å². The number of ether oxygens (including phenoxy) is 1. The lowest BCUT2D eigenvalue weighted by molar-refractivity contribution is 0.0694. The van der Waals surface area contributed by atoms with Gasteiger partial charge in [-0.2, -0.15) is 0 Å². The standard InChI is InChI=1S/C15H23NO2/c17-14(12-16-10-6-1-2-7-11-16)13-18-15-8-4-3-5-9-15/h3-5,8-9,14,17H,1-2,6-7,10-13H2/t14-/m0/s1. The van der Waals surface area contributed by atoms with Crippen molar-refractivity contribution in [2.75, 3.05) is 26.2 Å². The molecule has 18 heavy (non-hydrogen) atoms. The van der Waals surface area contributed by atoms with Crippen molar-refractivity contribution in [1.82, 2.24) is 4.90 Å². The van der Waals surface area contributed by atoms with Gasteiger partial charge in [-0.1, -0.05) is 31.0 Å². The van der Waals surface area contributed by atoms with E-state index in [2.05, 4.69) is 4.90 Å². The van der Waals surface area contributed by atoms with Gasteiger partial charge in [0.15, 0.2) is 0 Å². The molecule has 0 amide bonds. The summed E-state index contributed by atoms with van der Waals surface area (Å²) in [5.74, 6) is 0.826. The van der Waals surface area contributed by atoms with Crippen LogP contribution in [0.25, 0.3) is 0 Å². The number of nitrogens with zero attached hydrogens (tertiary/aromatic N) is 1. The topological polar surface area (TPSA) is 32.7 Å². The Labute approximate surface area is 109 Å². The lowest BCUT2D eigenvalue weighted by Crippen LogP contribution is -2.36. The van der Waals surface area contributed by atoms with E-state index in [1.54, 1.807) is 0 Å². The Morgan fingerprint density at radius 2 is 1.72 bits per heavy atom. The Hall–Kier alpha value is -1.06. The highest BCUT2D eigenvalue weighted by Crippen LogP contribution is 2.11. The number of aliphatic hydroxyl groups is 1. The fourth-order valence-electron chi connectivity index (χ4n) is 2.38. The van der Waals surface area contributed by atoms with Crippen LogP contribution in [0.5, 0.6) is 5.75 Å². The number of aliphatic hydroxyl groups excluding tert-OH is 1. The minimum atomic E-state index is -0.400. The minimum absolute atomic E-state index is 0.376. The molecular weight excluding hydrogens is 226 g/mol. The second-order valence-electron chi connectivity index (χ2n) is 4.99. The molecule has 3 heteroatoms. The van der Waals surface area contributed by atoms with Crippen LogP contribution in [0.1, 0.15) is 25.7 Å². The number of rotatable bonds is 5. The van der Waals surface area contributed by atoms with E-state index in [1.165, 1.54) is 25.7 Å². The molecule has 1 heterocycles. The van der Waals surface area contributed by atoms with Crippen molar-refractivity contribution >= 4 is 0 Å². The van der Waals surface area contributed by atoms with Gasteiger partial charge in [0, 0.05) is 6.54 Å². The molecule has 1 aromatic carbocycles. The van der Waals surface area contributed by atoms with E-state index in [1.807, 2.05) is 30.3 Å². The summed E-state index contributed by atoms with van der Waals surface area (Å²) in [5.41, 5.74) is 0. The van der Waals surface area contributed by atoms with Crippen LogP contribution in [0.4, 0.5) is 0 Å². The van der Waals surface area contributed by atoms with Gasteiger partial charge in [-0.05, 0) is 38.1 Å². The Bertz CT molecular complexity index is 321. The molecule has 0 saturated carbocycles. The molecule has 0 aliphatic carbocycles. The van der Waals surface area contributed by atoms with E-state index < -0.39 is 6.10 Å². The van der Waals surface area contributed by atoms with Crippen LogP contribution in [0.15, 0.2) is 30.3 Å². The quantitative estimate of drug-likeness (QED) is 0.869. The summed E-state index contributed by atoms with van der Waals surface area (Å²) >= 11 is 0. The first-order chi connectivity index (χ1) is 8.84. The number of likely N-dealkylation sites (tertiary alicyclic amines) is 1. The first-order valence-electron chi connectivity index (χ1n) is 6.93. The fraction of sp³-hybridized carbons (Fsp3) is 0.600. The highest BCUT2D eigenvalue weighted by atomic mass is 16.5. The molecule has 0 radical (unpaired) electrons. The average molecular weight is 249 g/mol. The predicted octanol–water partition coefficient (Wildman–Crippen LogP) is 2.30. The van der Waals surface area contributed by atoms with Gasteiger partial charge in [-0.3, -0.25) is 0 Å². The summed E-state index contributed by atoms with van der Waals surface area (Å²) in [4.78, 5) is 2.35. The van der Waals surface area contributed by atoms with Crippen molar-refractivity contribution < 1.29 is 9.84 Å². The normalized spacial score (nSPS) is 19.2. The number of benzene rings is 1. The molecule has 1 aromatic rings. The van der Waals surface area contributed by atoms with Gasteiger partial charge in [0.1, 0.15) is 18.5 Å². The smallest absolute Gasteiger partial charge is 0.119 e. The molecule has 0 aromatic heterocycles. The molecule has 1 aliphatic rings. The largest absolute Gasteiger partial charge is 0.491 e. The van der Waals surface area contributed by atoms with Crippen molar-refractivity contribution in [2.24, 2.45) is 0 Å². The predicted molar refractivity (Wildman–Crippen MR) is 72.9 cm³/mol. The highest BCUT2D eigenvalue weighted by Gasteiger charge is 2.14. The third-order valence-electron chi connectivity index (χ3n) is 3.35. The van der Waals surface area contributed by atoms with E-state index >= 15 is 0 Å². The zero-order valence-corrected chi connectivity index (χ0v) is 10.9. The van der Waals surface area contributed by atoms with Crippen LogP contribution in [0, 0.1) is 0 Å². The second-order valence-corrected chi connectivity index (χ2v) is 4.99. The van der Waals surface area contributed by atoms with E-state index in [4.69, 9.17) is 4.74 Å². The summed E-state index contributed by atoms with van der Waals surface area (Å²) in [6.07, 6.45) is 4.77. The SMILES string of the molecule is O[C@H](COc1ccccc1)CN1CCCCCC1. The first-order valence-corrected chi connectivity index (χ1v) is 6.93. The summed E-state index contributed by atoms with van der Waals surface area (Å²) in [7, 11) is 0. The Morgan fingerprint density at radius 1 is 1.06 bits per heavy atom. The van der Waals surface area contributed by atoms with Gasteiger partial charge in [0.2, 0.25) is 0 Å². The zero-order chi connectivity index (χ0) is 12.6. The lowest BCUT2D eigenvalue weighted by atomic mass is 10.2. The van der Waals surface area contributed by atoms with Crippen LogP contribution in [-0.4, -0.2) is 42.4 Å². The van der Waals surface area contributed by atoms with Gasteiger partial charge >= 0.3 is 0 Å². The zero-order valence-electron chi connectivity index (χ0n) is 10.9. The number of para-hydroxylation sites is 1. The van der Waals surface area contributed by atoms with Crippen molar-refractivity contribution in [3.8, 4) is 5.75 Å². The molecule has 2 rings (SSSR count). The molecule has 100 valence electrons. The van der Waals surface area contributed by atoms with Crippen LogP contribution < -0.4 is 4.74 Å². The summed E-state index contributed by atoms with van der Waals surface area (Å²) < 4.78 is 5.56. The minimum Gasteiger partial charge on any atom is -0.491 e. The van der Waals surface area contributed by atoms with Crippen molar-refractivity contribution in [3.63, 3.8) is 0 Å². The van der Waals surface area contributed by atoms with E-state index in [0.717, 1.165) is 25.4 Å². The van der Waals surface area contributed by atoms with E-state index in [0.29, 0.717) is 6.61 Å². The molecule has 3 nitrogen and oxygen atoms in total. The summed E-state index contributed by atoms with van der Waals surface area (Å²) in [6, 6.07) is 9.67. The van der Waals surface area contributed by atoms with Crippen molar-refractivity contribution in [1.29, 1.82) is 0 Å². The Kier molecular flexibility index (Phi) is 5.49. The molecule has 1 atom stereocenters. The third kappa shape index (κ3) is 4.67. The third-order valence-corrected chi connectivity index (χ3v) is 3.35. The van der Waals surface area contributed by atoms with Gasteiger partial charge in [0.25, 0.3) is 0 Å². The molecule has 1 fully saturated rings. The number of hydrogen-bond donors (Lipinski definition) is 1. The summed E-state index contributed by atoms with van der Waals surface area (Å²) in [5, 5.41) is 9.99. The van der Waals surface area contributed by atoms with Gasteiger partial charge in [-0.25, -0.2) is 0 Å². The second kappa shape index (κ2) is 7.39. The number of hydrogen-bond acceptors (Lipinski definition) is 3. The first kappa shape index (κ1) is 13.4. The molecule has 0 unspecified atom stereocenters. The maximum atomic E-state index is 9.99.